The minimum atomic E-state index is -0.297. The van der Waals surface area contributed by atoms with E-state index < -0.39 is 0 Å². The lowest BCUT2D eigenvalue weighted by atomic mass is 10.4. The van der Waals surface area contributed by atoms with Crippen LogP contribution in [0.1, 0.15) is 12.1 Å². The molecule has 0 amide bonds. The number of halogens is 1. The van der Waals surface area contributed by atoms with Crippen LogP contribution in [0.15, 0.2) is 11.2 Å². The van der Waals surface area contributed by atoms with Crippen molar-refractivity contribution in [3.8, 4) is 0 Å². The normalized spacial score (nSPS) is 10.3. The number of nitrogens with two attached hydrogens (primary N) is 1. The van der Waals surface area contributed by atoms with Crippen molar-refractivity contribution in [1.29, 1.82) is 0 Å². The maximum Gasteiger partial charge on any atom is 0.189 e. The van der Waals surface area contributed by atoms with Gasteiger partial charge >= 0.3 is 0 Å². The Kier molecular flexibility index (Phi) is 3.95. The largest absolute Gasteiger partial charge is 0.384 e. The van der Waals surface area contributed by atoms with Crippen LogP contribution in [0.2, 0.25) is 0 Å². The first-order valence-electron chi connectivity index (χ1n) is 4.02. The van der Waals surface area contributed by atoms with Crippen molar-refractivity contribution in [3.05, 3.63) is 11.8 Å². The average molecular weight is 201 g/mol. The lowest BCUT2D eigenvalue weighted by Crippen LogP contribution is -1.97. The summed E-state index contributed by atoms with van der Waals surface area (Å²) in [5, 5.41) is 0.631. The second-order valence-electron chi connectivity index (χ2n) is 2.61. The summed E-state index contributed by atoms with van der Waals surface area (Å²) < 4.78 is 11.8. The number of nitrogen functional groups attached to an aromatic ring is 1. The smallest absolute Gasteiger partial charge is 0.189 e. The van der Waals surface area contributed by atoms with Crippen LogP contribution in [0.3, 0.4) is 0 Å². The summed E-state index contributed by atoms with van der Waals surface area (Å²) in [6.07, 6.45) is 0.530. The zero-order valence-corrected chi connectivity index (χ0v) is 8.27. The molecule has 72 valence electrons. The third kappa shape index (κ3) is 3.59. The molecule has 1 heterocycles. The predicted molar refractivity (Wildman–Crippen MR) is 52.5 cm³/mol. The van der Waals surface area contributed by atoms with E-state index in [9.17, 15) is 4.39 Å². The molecular formula is C8H12FN3S. The van der Waals surface area contributed by atoms with Crippen molar-refractivity contribution in [2.75, 3.05) is 18.2 Å². The summed E-state index contributed by atoms with van der Waals surface area (Å²) in [7, 11) is 0. The van der Waals surface area contributed by atoms with E-state index in [1.807, 2.05) is 6.92 Å². The number of hydrogen-bond donors (Lipinski definition) is 1. The van der Waals surface area contributed by atoms with Crippen LogP contribution in [0.25, 0.3) is 0 Å². The van der Waals surface area contributed by atoms with Gasteiger partial charge in [-0.15, -0.1) is 0 Å². The Morgan fingerprint density at radius 2 is 2.31 bits per heavy atom. The predicted octanol–water partition coefficient (Wildman–Crippen LogP) is 1.82. The fourth-order valence-corrected chi connectivity index (χ4v) is 1.66. The Bertz CT molecular complexity index is 260. The van der Waals surface area contributed by atoms with Gasteiger partial charge in [0, 0.05) is 17.5 Å². The van der Waals surface area contributed by atoms with Crippen molar-refractivity contribution in [3.63, 3.8) is 0 Å². The first-order chi connectivity index (χ1) is 6.22. The summed E-state index contributed by atoms with van der Waals surface area (Å²) in [6.45, 7) is 1.56. The number of nitrogens with zero attached hydrogens (tertiary/aromatic N) is 2. The molecule has 0 saturated heterocycles. The highest BCUT2D eigenvalue weighted by Crippen LogP contribution is 2.15. The van der Waals surface area contributed by atoms with Crippen LogP contribution < -0.4 is 5.73 Å². The van der Waals surface area contributed by atoms with E-state index in [1.54, 1.807) is 6.07 Å². The molecule has 1 aromatic heterocycles. The van der Waals surface area contributed by atoms with E-state index in [0.29, 0.717) is 23.1 Å². The van der Waals surface area contributed by atoms with Gasteiger partial charge in [0.25, 0.3) is 0 Å². The highest BCUT2D eigenvalue weighted by atomic mass is 32.2. The van der Waals surface area contributed by atoms with Crippen LogP contribution >= 0.6 is 11.8 Å². The summed E-state index contributed by atoms with van der Waals surface area (Å²) in [6, 6.07) is 1.71. The van der Waals surface area contributed by atoms with Crippen molar-refractivity contribution in [2.24, 2.45) is 0 Å². The van der Waals surface area contributed by atoms with Crippen molar-refractivity contribution in [1.82, 2.24) is 9.97 Å². The van der Waals surface area contributed by atoms with Gasteiger partial charge in [0.15, 0.2) is 5.16 Å². The van der Waals surface area contributed by atoms with Crippen LogP contribution in [0.4, 0.5) is 10.2 Å². The van der Waals surface area contributed by atoms with E-state index in [-0.39, 0.29) is 6.67 Å². The van der Waals surface area contributed by atoms with Crippen LogP contribution in [0, 0.1) is 6.92 Å². The van der Waals surface area contributed by atoms with Gasteiger partial charge in [-0.25, -0.2) is 9.97 Å². The number of hydrogen-bond acceptors (Lipinski definition) is 4. The molecule has 2 N–H and O–H groups in total. The summed E-state index contributed by atoms with van der Waals surface area (Å²) in [5.41, 5.74) is 6.37. The second-order valence-corrected chi connectivity index (χ2v) is 3.67. The Hall–Kier alpha value is -0.840. The third-order valence-electron chi connectivity index (χ3n) is 1.36. The van der Waals surface area contributed by atoms with E-state index >= 15 is 0 Å². The highest BCUT2D eigenvalue weighted by molar-refractivity contribution is 7.99. The molecule has 0 aliphatic heterocycles. The van der Waals surface area contributed by atoms with Crippen molar-refractivity contribution in [2.45, 2.75) is 18.5 Å². The first kappa shape index (κ1) is 10.2. The highest BCUT2D eigenvalue weighted by Gasteiger charge is 1.99. The van der Waals surface area contributed by atoms with Crippen LogP contribution in [0.5, 0.6) is 0 Å². The molecular weight excluding hydrogens is 189 g/mol. The number of aromatic nitrogens is 2. The van der Waals surface area contributed by atoms with Gasteiger partial charge < -0.3 is 5.73 Å². The monoisotopic (exact) mass is 201 g/mol. The maximum atomic E-state index is 11.8. The van der Waals surface area contributed by atoms with E-state index in [2.05, 4.69) is 9.97 Å². The quantitative estimate of drug-likeness (QED) is 0.458. The van der Waals surface area contributed by atoms with Gasteiger partial charge in [-0.05, 0) is 13.3 Å². The number of aryl methyl sites for hydroxylation is 1. The molecule has 0 fully saturated rings. The van der Waals surface area contributed by atoms with Gasteiger partial charge in [0.05, 0.1) is 6.67 Å². The zero-order chi connectivity index (χ0) is 9.68. The lowest BCUT2D eigenvalue weighted by Gasteiger charge is -2.00. The van der Waals surface area contributed by atoms with Gasteiger partial charge in [-0.1, -0.05) is 11.8 Å². The molecule has 1 rings (SSSR count). The Morgan fingerprint density at radius 3 is 2.92 bits per heavy atom. The molecule has 5 heteroatoms. The average Bonchev–Trinajstić information content (AvgIpc) is 2.03. The summed E-state index contributed by atoms with van der Waals surface area (Å²) >= 11 is 1.43. The number of thioether (sulfide) groups is 1. The summed E-state index contributed by atoms with van der Waals surface area (Å²) in [5.74, 6) is 1.16. The van der Waals surface area contributed by atoms with E-state index in [1.165, 1.54) is 11.8 Å². The molecule has 3 nitrogen and oxygen atoms in total. The minimum absolute atomic E-state index is 0.297. The molecule has 0 saturated carbocycles. The van der Waals surface area contributed by atoms with Gasteiger partial charge in [-0.3, -0.25) is 4.39 Å². The SMILES string of the molecule is Cc1cc(N)nc(SCCCF)n1. The molecule has 0 atom stereocenters. The van der Waals surface area contributed by atoms with Crippen LogP contribution in [-0.2, 0) is 0 Å². The lowest BCUT2D eigenvalue weighted by molar-refractivity contribution is 0.489. The van der Waals surface area contributed by atoms with Crippen LogP contribution in [-0.4, -0.2) is 22.4 Å². The minimum Gasteiger partial charge on any atom is -0.384 e. The molecule has 0 spiro atoms. The fourth-order valence-electron chi connectivity index (χ4n) is 0.847. The molecule has 0 aliphatic rings. The number of anilines is 1. The van der Waals surface area contributed by atoms with E-state index in [4.69, 9.17) is 5.73 Å². The van der Waals surface area contributed by atoms with Gasteiger partial charge in [0.2, 0.25) is 0 Å². The maximum absolute atomic E-state index is 11.8. The molecule has 0 unspecified atom stereocenters. The molecule has 0 radical (unpaired) electrons. The second kappa shape index (κ2) is 5.01. The zero-order valence-electron chi connectivity index (χ0n) is 7.46. The van der Waals surface area contributed by atoms with Crippen molar-refractivity contribution < 1.29 is 4.39 Å². The third-order valence-corrected chi connectivity index (χ3v) is 2.30. The first-order valence-corrected chi connectivity index (χ1v) is 5.01. The number of alkyl halides is 1. The standard InChI is InChI=1S/C8H12FN3S/c1-6-5-7(10)12-8(11-6)13-4-2-3-9/h5H,2-4H2,1H3,(H2,10,11,12). The molecule has 0 bridgehead atoms. The van der Waals surface area contributed by atoms with Gasteiger partial charge in [-0.2, -0.15) is 0 Å². The molecule has 0 aliphatic carbocycles. The van der Waals surface area contributed by atoms with Crippen molar-refractivity contribution >= 4 is 17.6 Å². The fraction of sp³-hybridized carbons (Fsp3) is 0.500. The molecule has 1 aromatic rings. The van der Waals surface area contributed by atoms with E-state index in [0.717, 1.165) is 5.69 Å². The molecule has 13 heavy (non-hydrogen) atoms. The number of rotatable bonds is 4. The Morgan fingerprint density at radius 1 is 1.54 bits per heavy atom. The Labute approximate surface area is 81.0 Å². The molecule has 0 aromatic carbocycles. The summed E-state index contributed by atoms with van der Waals surface area (Å²) in [4.78, 5) is 8.17. The topological polar surface area (TPSA) is 51.8 Å². The van der Waals surface area contributed by atoms with Gasteiger partial charge in [0.1, 0.15) is 5.82 Å². The Balaban J connectivity index is 2.56.